The first-order chi connectivity index (χ1) is 8.65. The number of aryl methyl sites for hydroxylation is 1. The summed E-state index contributed by atoms with van der Waals surface area (Å²) in [5.74, 6) is -1.44. The molecule has 0 unspecified atom stereocenters. The molecule has 0 aliphatic heterocycles. The van der Waals surface area contributed by atoms with Gasteiger partial charge in [-0.3, -0.25) is 0 Å². The minimum atomic E-state index is -0.912. The summed E-state index contributed by atoms with van der Waals surface area (Å²) in [5, 5.41) is 0. The molecule has 96 valence electrons. The first-order valence-electron chi connectivity index (χ1n) is 5.90. The Morgan fingerprint density at radius 3 is 2.83 bits per heavy atom. The zero-order chi connectivity index (χ0) is 13.1. The van der Waals surface area contributed by atoms with Gasteiger partial charge in [-0.1, -0.05) is 19.4 Å². The summed E-state index contributed by atoms with van der Waals surface area (Å²) in [7, 11) is 0. The van der Waals surface area contributed by atoms with Crippen LogP contribution in [-0.4, -0.2) is 9.55 Å². The smallest absolute Gasteiger partial charge is 0.168 e. The molecule has 0 saturated carbocycles. The van der Waals surface area contributed by atoms with E-state index in [1.807, 2.05) is 0 Å². The van der Waals surface area contributed by atoms with E-state index in [-0.39, 0.29) is 5.56 Å². The number of nitrogen functional groups attached to an aromatic ring is 1. The Morgan fingerprint density at radius 2 is 2.11 bits per heavy atom. The molecule has 2 aromatic rings. The van der Waals surface area contributed by atoms with Crippen LogP contribution in [0.4, 0.5) is 14.6 Å². The van der Waals surface area contributed by atoms with Gasteiger partial charge >= 0.3 is 0 Å². The fraction of sp³-hybridized carbons (Fsp3) is 0.308. The molecule has 0 amide bonds. The Balaban J connectivity index is 2.39. The second-order valence-electron chi connectivity index (χ2n) is 4.13. The highest BCUT2D eigenvalue weighted by Crippen LogP contribution is 2.28. The van der Waals surface area contributed by atoms with Crippen LogP contribution in [0.5, 0.6) is 0 Å². The molecule has 0 aliphatic carbocycles. The predicted molar refractivity (Wildman–Crippen MR) is 66.9 cm³/mol. The average Bonchev–Trinajstić information content (AvgIpc) is 2.72. The quantitative estimate of drug-likeness (QED) is 0.906. The van der Waals surface area contributed by atoms with Crippen LogP contribution in [-0.2, 0) is 6.54 Å². The van der Waals surface area contributed by atoms with E-state index in [2.05, 4.69) is 11.9 Å². The number of nitrogens with two attached hydrogens (primary N) is 1. The maximum absolute atomic E-state index is 13.6. The number of anilines is 1. The van der Waals surface area contributed by atoms with Crippen LogP contribution in [0, 0.1) is 11.6 Å². The van der Waals surface area contributed by atoms with Gasteiger partial charge in [0.25, 0.3) is 0 Å². The summed E-state index contributed by atoms with van der Waals surface area (Å²) in [4.78, 5) is 4.07. The van der Waals surface area contributed by atoms with Crippen LogP contribution < -0.4 is 5.73 Å². The Labute approximate surface area is 104 Å². The van der Waals surface area contributed by atoms with Crippen molar-refractivity contribution in [1.82, 2.24) is 9.55 Å². The second-order valence-corrected chi connectivity index (χ2v) is 4.13. The molecule has 1 aromatic carbocycles. The van der Waals surface area contributed by atoms with Crippen LogP contribution in [0.1, 0.15) is 19.8 Å². The lowest BCUT2D eigenvalue weighted by Crippen LogP contribution is -2.02. The monoisotopic (exact) mass is 251 g/mol. The van der Waals surface area contributed by atoms with Gasteiger partial charge in [0.1, 0.15) is 11.5 Å². The Morgan fingerprint density at radius 1 is 1.33 bits per heavy atom. The fourth-order valence-electron chi connectivity index (χ4n) is 1.79. The molecule has 0 radical (unpaired) electrons. The lowest BCUT2D eigenvalue weighted by Gasteiger charge is -2.05. The lowest BCUT2D eigenvalue weighted by molar-refractivity contribution is 0.511. The number of rotatable bonds is 4. The Bertz CT molecular complexity index is 549. The number of imidazole rings is 1. The molecule has 1 heterocycles. The maximum Gasteiger partial charge on any atom is 0.168 e. The van der Waals surface area contributed by atoms with E-state index in [1.165, 1.54) is 12.1 Å². The minimum absolute atomic E-state index is 0.0998. The molecule has 5 heteroatoms. The molecule has 0 atom stereocenters. The lowest BCUT2D eigenvalue weighted by atomic mass is 10.1. The van der Waals surface area contributed by atoms with E-state index in [4.69, 9.17) is 5.73 Å². The van der Waals surface area contributed by atoms with Crippen molar-refractivity contribution in [1.29, 1.82) is 0 Å². The summed E-state index contributed by atoms with van der Waals surface area (Å²) in [6.45, 7) is 2.80. The zero-order valence-electron chi connectivity index (χ0n) is 10.2. The average molecular weight is 251 g/mol. The summed E-state index contributed by atoms with van der Waals surface area (Å²) in [6.07, 6.45) is 3.55. The van der Waals surface area contributed by atoms with Crippen molar-refractivity contribution in [2.45, 2.75) is 26.3 Å². The van der Waals surface area contributed by atoms with Crippen molar-refractivity contribution in [3.05, 3.63) is 36.2 Å². The standard InChI is InChI=1S/C13H15F2N3/c1-2-3-7-18-8-17-12(13(18)16)9-5-4-6-10(14)11(9)15/h4-6,8H,2-3,7,16H2,1H3. The molecule has 3 nitrogen and oxygen atoms in total. The zero-order valence-corrected chi connectivity index (χ0v) is 10.2. The molecule has 0 aliphatic rings. The van der Waals surface area contributed by atoms with Crippen molar-refractivity contribution in [3.63, 3.8) is 0 Å². The molecular weight excluding hydrogens is 236 g/mol. The van der Waals surface area contributed by atoms with Crippen LogP contribution in [0.15, 0.2) is 24.5 Å². The molecule has 0 bridgehead atoms. The normalized spacial score (nSPS) is 10.8. The summed E-state index contributed by atoms with van der Waals surface area (Å²) in [6, 6.07) is 3.99. The highest BCUT2D eigenvalue weighted by atomic mass is 19.2. The van der Waals surface area contributed by atoms with Gasteiger partial charge in [0.05, 0.1) is 6.33 Å². The topological polar surface area (TPSA) is 43.8 Å². The van der Waals surface area contributed by atoms with E-state index in [1.54, 1.807) is 10.9 Å². The molecule has 1 aromatic heterocycles. The van der Waals surface area contributed by atoms with Gasteiger partial charge < -0.3 is 10.3 Å². The van der Waals surface area contributed by atoms with Crippen molar-refractivity contribution >= 4 is 5.82 Å². The number of benzene rings is 1. The molecule has 2 N–H and O–H groups in total. The third kappa shape index (κ3) is 2.20. The number of halogens is 2. The molecule has 0 saturated heterocycles. The minimum Gasteiger partial charge on any atom is -0.383 e. The summed E-state index contributed by atoms with van der Waals surface area (Å²) in [5.41, 5.74) is 6.30. The summed E-state index contributed by atoms with van der Waals surface area (Å²) >= 11 is 0. The van der Waals surface area contributed by atoms with Crippen LogP contribution in [0.25, 0.3) is 11.3 Å². The number of aromatic nitrogens is 2. The highest BCUT2D eigenvalue weighted by molar-refractivity contribution is 5.70. The van der Waals surface area contributed by atoms with Gasteiger partial charge in [0, 0.05) is 12.1 Å². The van der Waals surface area contributed by atoms with E-state index in [0.29, 0.717) is 11.5 Å². The SMILES string of the molecule is CCCCn1cnc(-c2cccc(F)c2F)c1N. The molecule has 2 rings (SSSR count). The van der Waals surface area contributed by atoms with Gasteiger partial charge in [0.15, 0.2) is 11.6 Å². The van der Waals surface area contributed by atoms with Crippen molar-refractivity contribution < 1.29 is 8.78 Å². The van der Waals surface area contributed by atoms with E-state index in [0.717, 1.165) is 25.5 Å². The van der Waals surface area contributed by atoms with Gasteiger partial charge in [-0.25, -0.2) is 13.8 Å². The molecule has 0 fully saturated rings. The van der Waals surface area contributed by atoms with Crippen LogP contribution >= 0.6 is 0 Å². The van der Waals surface area contributed by atoms with E-state index >= 15 is 0 Å². The van der Waals surface area contributed by atoms with E-state index in [9.17, 15) is 8.78 Å². The second kappa shape index (κ2) is 5.16. The number of hydrogen-bond donors (Lipinski definition) is 1. The van der Waals surface area contributed by atoms with Gasteiger partial charge in [-0.2, -0.15) is 0 Å². The number of unbranched alkanes of at least 4 members (excludes halogenated alkanes) is 1. The van der Waals surface area contributed by atoms with Crippen molar-refractivity contribution in [2.75, 3.05) is 5.73 Å². The molecule has 0 spiro atoms. The summed E-state index contributed by atoms with van der Waals surface area (Å²) < 4.78 is 28.6. The van der Waals surface area contributed by atoms with Crippen LogP contribution in [0.2, 0.25) is 0 Å². The van der Waals surface area contributed by atoms with Gasteiger partial charge in [-0.05, 0) is 18.6 Å². The highest BCUT2D eigenvalue weighted by Gasteiger charge is 2.16. The molecular formula is C13H15F2N3. The fourth-order valence-corrected chi connectivity index (χ4v) is 1.79. The van der Waals surface area contributed by atoms with Gasteiger partial charge in [-0.15, -0.1) is 0 Å². The first-order valence-corrected chi connectivity index (χ1v) is 5.90. The van der Waals surface area contributed by atoms with Gasteiger partial charge in [0.2, 0.25) is 0 Å². The largest absolute Gasteiger partial charge is 0.383 e. The predicted octanol–water partition coefficient (Wildman–Crippen LogP) is 3.21. The van der Waals surface area contributed by atoms with E-state index < -0.39 is 11.6 Å². The third-order valence-electron chi connectivity index (χ3n) is 2.84. The number of nitrogens with zero attached hydrogens (tertiary/aromatic N) is 2. The number of hydrogen-bond acceptors (Lipinski definition) is 2. The Hall–Kier alpha value is -1.91. The Kier molecular flexibility index (Phi) is 3.60. The molecule has 18 heavy (non-hydrogen) atoms. The third-order valence-corrected chi connectivity index (χ3v) is 2.84. The first kappa shape index (κ1) is 12.5. The maximum atomic E-state index is 13.6. The van der Waals surface area contributed by atoms with Crippen molar-refractivity contribution in [2.24, 2.45) is 0 Å². The van der Waals surface area contributed by atoms with Crippen LogP contribution in [0.3, 0.4) is 0 Å². The van der Waals surface area contributed by atoms with Crippen molar-refractivity contribution in [3.8, 4) is 11.3 Å².